The van der Waals surface area contributed by atoms with E-state index in [0.29, 0.717) is 5.02 Å². The maximum Gasteiger partial charge on any atom is 0.0768 e. The van der Waals surface area contributed by atoms with Gasteiger partial charge < -0.3 is 5.11 Å². The molecule has 0 bridgehead atoms. The van der Waals surface area contributed by atoms with Crippen molar-refractivity contribution in [2.45, 2.75) is 19.4 Å². The van der Waals surface area contributed by atoms with Crippen LogP contribution in [0.5, 0.6) is 0 Å². The van der Waals surface area contributed by atoms with Gasteiger partial charge in [0.05, 0.1) is 6.10 Å². The van der Waals surface area contributed by atoms with Crippen LogP contribution < -0.4 is 0 Å². The van der Waals surface area contributed by atoms with Gasteiger partial charge in [-0.15, -0.1) is 0 Å². The second-order valence-corrected chi connectivity index (χ2v) is 5.56. The summed E-state index contributed by atoms with van der Waals surface area (Å²) in [5.74, 6) is 0. The zero-order valence-electron chi connectivity index (χ0n) is 9.87. The Bertz CT molecular complexity index is 633. The van der Waals surface area contributed by atoms with Crippen LogP contribution in [0.4, 0.5) is 0 Å². The zero-order valence-corrected chi connectivity index (χ0v) is 11.4. The predicted octanol–water partition coefficient (Wildman–Crippen LogP) is 4.62. The van der Waals surface area contributed by atoms with Gasteiger partial charge >= 0.3 is 0 Å². The molecule has 0 radical (unpaired) electrons. The van der Waals surface area contributed by atoms with E-state index < -0.39 is 6.10 Å². The normalized spacial score (nSPS) is 14.2. The van der Waals surface area contributed by atoms with Crippen LogP contribution >= 0.6 is 23.2 Å². The molecule has 1 aliphatic carbocycles. The molecule has 0 aromatic heterocycles. The maximum atomic E-state index is 9.91. The summed E-state index contributed by atoms with van der Waals surface area (Å²) >= 11 is 12.1. The molecule has 0 saturated carbocycles. The van der Waals surface area contributed by atoms with Gasteiger partial charge in [-0.3, -0.25) is 0 Å². The molecule has 1 N–H and O–H groups in total. The third-order valence-corrected chi connectivity index (χ3v) is 3.84. The first-order valence-corrected chi connectivity index (χ1v) is 6.61. The van der Waals surface area contributed by atoms with Gasteiger partial charge in [0.15, 0.2) is 0 Å². The average Bonchev–Trinajstić information content (AvgIpc) is 2.64. The van der Waals surface area contributed by atoms with Gasteiger partial charge in [-0.2, -0.15) is 0 Å². The molecule has 0 saturated heterocycles. The summed E-state index contributed by atoms with van der Waals surface area (Å²) < 4.78 is 0. The Kier molecular flexibility index (Phi) is 2.86. The van der Waals surface area contributed by atoms with Crippen molar-refractivity contribution in [1.29, 1.82) is 0 Å². The number of hydrogen-bond acceptors (Lipinski definition) is 1. The van der Waals surface area contributed by atoms with E-state index >= 15 is 0 Å². The van der Waals surface area contributed by atoms with Crippen molar-refractivity contribution in [3.8, 4) is 11.1 Å². The van der Waals surface area contributed by atoms with Crippen LogP contribution in [-0.2, 0) is 6.42 Å². The van der Waals surface area contributed by atoms with E-state index in [1.807, 2.05) is 30.3 Å². The minimum Gasteiger partial charge on any atom is -0.389 e. The summed E-state index contributed by atoms with van der Waals surface area (Å²) in [7, 11) is 0. The van der Waals surface area contributed by atoms with Crippen molar-refractivity contribution in [1.82, 2.24) is 0 Å². The highest BCUT2D eigenvalue weighted by molar-refractivity contribution is 6.31. The van der Waals surface area contributed by atoms with E-state index in [9.17, 15) is 5.11 Å². The Balaban J connectivity index is 2.28. The van der Waals surface area contributed by atoms with Crippen LogP contribution in [0, 0.1) is 0 Å². The third kappa shape index (κ3) is 1.83. The molecular formula is C15H12Cl2O. The van der Waals surface area contributed by atoms with Gasteiger partial charge in [-0.1, -0.05) is 29.3 Å². The lowest BCUT2D eigenvalue weighted by Crippen LogP contribution is -1.96. The molecule has 2 aromatic carbocycles. The number of aliphatic hydroxyl groups is 1. The summed E-state index contributed by atoms with van der Waals surface area (Å²) in [6.07, 6.45) is 0.296. The van der Waals surface area contributed by atoms with Crippen LogP contribution in [0.1, 0.15) is 29.7 Å². The van der Waals surface area contributed by atoms with Crippen LogP contribution in [-0.4, -0.2) is 5.11 Å². The molecule has 3 rings (SSSR count). The largest absolute Gasteiger partial charge is 0.389 e. The minimum absolute atomic E-state index is 0.529. The molecule has 3 heteroatoms. The molecule has 2 aromatic rings. The fourth-order valence-corrected chi connectivity index (χ4v) is 3.09. The van der Waals surface area contributed by atoms with E-state index in [0.717, 1.165) is 33.7 Å². The third-order valence-electron chi connectivity index (χ3n) is 3.38. The highest BCUT2D eigenvalue weighted by atomic mass is 35.5. The van der Waals surface area contributed by atoms with Crippen molar-refractivity contribution >= 4 is 23.2 Å². The topological polar surface area (TPSA) is 20.2 Å². The quantitative estimate of drug-likeness (QED) is 0.689. The van der Waals surface area contributed by atoms with E-state index in [1.165, 1.54) is 5.56 Å². The van der Waals surface area contributed by atoms with Crippen LogP contribution in [0.25, 0.3) is 11.1 Å². The number of rotatable bonds is 1. The van der Waals surface area contributed by atoms with Crippen molar-refractivity contribution in [2.75, 3.05) is 0 Å². The monoisotopic (exact) mass is 278 g/mol. The summed E-state index contributed by atoms with van der Waals surface area (Å²) in [4.78, 5) is 0. The molecule has 0 fully saturated rings. The van der Waals surface area contributed by atoms with E-state index in [1.54, 1.807) is 6.92 Å². The Labute approximate surface area is 116 Å². The molecule has 1 atom stereocenters. The Morgan fingerprint density at radius 1 is 1.06 bits per heavy atom. The molecule has 18 heavy (non-hydrogen) atoms. The van der Waals surface area contributed by atoms with Crippen LogP contribution in [0.2, 0.25) is 10.0 Å². The number of benzene rings is 2. The van der Waals surface area contributed by atoms with E-state index in [-0.39, 0.29) is 0 Å². The van der Waals surface area contributed by atoms with Gasteiger partial charge in [-0.25, -0.2) is 0 Å². The molecule has 1 nitrogen and oxygen atoms in total. The maximum absolute atomic E-state index is 9.91. The summed E-state index contributed by atoms with van der Waals surface area (Å²) in [6.45, 7) is 1.76. The van der Waals surface area contributed by atoms with Gasteiger partial charge in [0.25, 0.3) is 0 Å². The SMILES string of the molecule is CC(O)c1cc(Cl)cc2c1-c1ccc(Cl)cc1C2. The molecule has 1 unspecified atom stereocenters. The second-order valence-electron chi connectivity index (χ2n) is 4.68. The minimum atomic E-state index is -0.529. The first-order chi connectivity index (χ1) is 8.56. The van der Waals surface area contributed by atoms with Gasteiger partial charge in [-0.05, 0) is 65.4 Å². The Morgan fingerprint density at radius 3 is 2.50 bits per heavy atom. The Morgan fingerprint density at radius 2 is 1.78 bits per heavy atom. The number of aliphatic hydroxyl groups excluding tert-OH is 1. The first-order valence-electron chi connectivity index (χ1n) is 5.85. The fraction of sp³-hybridized carbons (Fsp3) is 0.200. The summed E-state index contributed by atoms with van der Waals surface area (Å²) in [5.41, 5.74) is 5.51. The smallest absolute Gasteiger partial charge is 0.0768 e. The predicted molar refractivity (Wildman–Crippen MR) is 75.3 cm³/mol. The zero-order chi connectivity index (χ0) is 12.9. The molecule has 0 spiro atoms. The van der Waals surface area contributed by atoms with Gasteiger partial charge in [0.2, 0.25) is 0 Å². The molecule has 0 heterocycles. The fourth-order valence-electron chi connectivity index (χ4n) is 2.64. The van der Waals surface area contributed by atoms with Crippen molar-refractivity contribution in [3.63, 3.8) is 0 Å². The summed E-state index contributed by atoms with van der Waals surface area (Å²) in [5, 5.41) is 11.3. The molecule has 1 aliphatic rings. The van der Waals surface area contributed by atoms with E-state index in [4.69, 9.17) is 23.2 Å². The van der Waals surface area contributed by atoms with E-state index in [2.05, 4.69) is 0 Å². The van der Waals surface area contributed by atoms with Gasteiger partial charge in [0, 0.05) is 10.0 Å². The Hall–Kier alpha value is -1.02. The molecule has 0 amide bonds. The second kappa shape index (κ2) is 4.27. The molecule has 92 valence electrons. The first kappa shape index (κ1) is 12.0. The van der Waals surface area contributed by atoms with Gasteiger partial charge in [0.1, 0.15) is 0 Å². The highest BCUT2D eigenvalue weighted by Gasteiger charge is 2.23. The van der Waals surface area contributed by atoms with Crippen LogP contribution in [0.15, 0.2) is 30.3 Å². The lowest BCUT2D eigenvalue weighted by Gasteiger charge is -2.13. The summed E-state index contributed by atoms with van der Waals surface area (Å²) in [6, 6.07) is 9.70. The number of halogens is 2. The highest BCUT2D eigenvalue weighted by Crippen LogP contribution is 2.43. The molecular weight excluding hydrogens is 267 g/mol. The lowest BCUT2D eigenvalue weighted by molar-refractivity contribution is 0.200. The average molecular weight is 279 g/mol. The van der Waals surface area contributed by atoms with Crippen molar-refractivity contribution in [2.24, 2.45) is 0 Å². The van der Waals surface area contributed by atoms with Crippen molar-refractivity contribution < 1.29 is 5.11 Å². The van der Waals surface area contributed by atoms with Crippen molar-refractivity contribution in [3.05, 3.63) is 57.1 Å². The van der Waals surface area contributed by atoms with Crippen LogP contribution in [0.3, 0.4) is 0 Å². The molecule has 0 aliphatic heterocycles. The standard InChI is InChI=1S/C15H12Cl2O/c1-8(18)14-7-12(17)6-10-4-9-5-11(16)2-3-13(9)15(10)14/h2-3,5-8,18H,4H2,1H3. The number of hydrogen-bond donors (Lipinski definition) is 1. The lowest BCUT2D eigenvalue weighted by atomic mass is 9.96. The number of fused-ring (bicyclic) bond motifs is 3.